The van der Waals surface area contributed by atoms with Crippen molar-refractivity contribution in [1.82, 2.24) is 4.72 Å². The summed E-state index contributed by atoms with van der Waals surface area (Å²) >= 11 is 0. The first-order chi connectivity index (χ1) is 19.7. The van der Waals surface area contributed by atoms with E-state index in [2.05, 4.69) is 4.72 Å². The van der Waals surface area contributed by atoms with E-state index in [-0.39, 0.29) is 24.4 Å². The van der Waals surface area contributed by atoms with Crippen molar-refractivity contribution in [1.29, 1.82) is 0 Å². The molecule has 0 spiro atoms. The Morgan fingerprint density at radius 2 is 1.32 bits per heavy atom. The second kappa shape index (κ2) is 14.0. The second-order valence-electron chi connectivity index (χ2n) is 10.1. The van der Waals surface area contributed by atoms with Crippen molar-refractivity contribution in [2.75, 3.05) is 67.0 Å². The Bertz CT molecular complexity index is 1320. The number of methoxy groups -OCH3 is 4. The Balaban J connectivity index is 1.63. The zero-order valence-electron chi connectivity index (χ0n) is 24.0. The van der Waals surface area contributed by atoms with Gasteiger partial charge < -0.3 is 28.6 Å². The third-order valence-electron chi connectivity index (χ3n) is 7.28. The fraction of sp³-hybridized carbons (Fsp3) is 0.433. The van der Waals surface area contributed by atoms with Crippen molar-refractivity contribution >= 4 is 28.0 Å². The maximum absolute atomic E-state index is 13.7. The van der Waals surface area contributed by atoms with Crippen molar-refractivity contribution in [3.8, 4) is 23.0 Å². The molecule has 41 heavy (non-hydrogen) atoms. The SMILES string of the molecule is COc1ccc(/C=C2\CC(NS(=O)(=O)CC[NH+]3CCOCC3)C/C(=C\c3ccc(OC)c(OC)c3)C2=O)cc1OC. The van der Waals surface area contributed by atoms with Crippen LogP contribution in [0.15, 0.2) is 47.5 Å². The van der Waals surface area contributed by atoms with Crippen molar-refractivity contribution < 1.29 is 41.8 Å². The molecule has 1 aliphatic heterocycles. The van der Waals surface area contributed by atoms with Gasteiger partial charge in [-0.15, -0.1) is 0 Å². The lowest BCUT2D eigenvalue weighted by atomic mass is 9.84. The van der Waals surface area contributed by atoms with E-state index in [1.807, 2.05) is 12.1 Å². The molecular formula is C30H39N2O8S+. The lowest BCUT2D eigenvalue weighted by Gasteiger charge is -2.27. The van der Waals surface area contributed by atoms with Gasteiger partial charge in [0.15, 0.2) is 28.8 Å². The molecule has 0 atom stereocenters. The van der Waals surface area contributed by atoms with Gasteiger partial charge in [-0.3, -0.25) is 4.79 Å². The van der Waals surface area contributed by atoms with Gasteiger partial charge in [0.2, 0.25) is 10.0 Å². The van der Waals surface area contributed by atoms with Gasteiger partial charge in [0.25, 0.3) is 0 Å². The molecule has 1 saturated heterocycles. The van der Waals surface area contributed by atoms with E-state index < -0.39 is 16.1 Å². The average Bonchev–Trinajstić information content (AvgIpc) is 2.98. The van der Waals surface area contributed by atoms with Gasteiger partial charge in [-0.05, 0) is 60.4 Å². The van der Waals surface area contributed by atoms with Crippen LogP contribution in [-0.2, 0) is 19.6 Å². The first kappa shape index (κ1) is 30.6. The number of quaternary nitrogens is 1. The largest absolute Gasteiger partial charge is 0.493 e. The molecule has 2 fully saturated rings. The highest BCUT2D eigenvalue weighted by Crippen LogP contribution is 2.34. The predicted octanol–water partition coefficient (Wildman–Crippen LogP) is 1.75. The summed E-state index contributed by atoms with van der Waals surface area (Å²) in [7, 11) is 2.64. The van der Waals surface area contributed by atoms with Gasteiger partial charge in [0, 0.05) is 17.2 Å². The Morgan fingerprint density at radius 1 is 0.829 bits per heavy atom. The van der Waals surface area contributed by atoms with Crippen LogP contribution in [0, 0.1) is 0 Å². The molecule has 0 radical (unpaired) electrons. The van der Waals surface area contributed by atoms with Gasteiger partial charge in [-0.1, -0.05) is 12.1 Å². The summed E-state index contributed by atoms with van der Waals surface area (Å²) in [5, 5.41) is 0. The average molecular weight is 588 g/mol. The lowest BCUT2D eigenvalue weighted by molar-refractivity contribution is -0.905. The zero-order valence-corrected chi connectivity index (χ0v) is 24.8. The molecule has 1 saturated carbocycles. The van der Waals surface area contributed by atoms with Crippen LogP contribution in [0.5, 0.6) is 23.0 Å². The van der Waals surface area contributed by atoms with Gasteiger partial charge >= 0.3 is 0 Å². The minimum atomic E-state index is -3.58. The minimum absolute atomic E-state index is 0.0102. The number of nitrogens with one attached hydrogen (secondary N) is 2. The number of hydrogen-bond donors (Lipinski definition) is 2. The normalized spacial score (nSPS) is 20.3. The summed E-state index contributed by atoms with van der Waals surface area (Å²) in [6.07, 6.45) is 4.09. The summed E-state index contributed by atoms with van der Waals surface area (Å²) in [4.78, 5) is 14.9. The van der Waals surface area contributed by atoms with E-state index in [0.717, 1.165) is 24.2 Å². The molecule has 2 aromatic rings. The topological polar surface area (TPSA) is 114 Å². The molecule has 222 valence electrons. The number of Topliss-reactive ketones (excluding diaryl/α,β-unsaturated/α-hetero) is 1. The summed E-state index contributed by atoms with van der Waals surface area (Å²) in [6.45, 7) is 3.38. The molecule has 0 bridgehead atoms. The molecule has 10 nitrogen and oxygen atoms in total. The summed E-state index contributed by atoms with van der Waals surface area (Å²) < 4.78 is 56.0. The highest BCUT2D eigenvalue weighted by Gasteiger charge is 2.31. The van der Waals surface area contributed by atoms with Crippen LogP contribution >= 0.6 is 0 Å². The molecule has 2 N–H and O–H groups in total. The molecule has 11 heteroatoms. The third kappa shape index (κ3) is 8.10. The Morgan fingerprint density at radius 3 is 1.78 bits per heavy atom. The second-order valence-corrected chi connectivity index (χ2v) is 11.9. The van der Waals surface area contributed by atoms with Crippen LogP contribution in [0.2, 0.25) is 0 Å². The molecular weight excluding hydrogens is 548 g/mol. The standard InChI is InChI=1S/C30H38N2O8S/c1-36-26-7-5-21(17-28(26)38-3)15-23-19-25(31-41(34,35)14-11-32-9-12-40-13-10-32)20-24(30(23)33)16-22-6-8-27(37-2)29(18-22)39-4/h5-8,15-18,25,31H,9-14,19-20H2,1-4H3/p+1/b23-15+,24-16+. The van der Waals surface area contributed by atoms with Crippen molar-refractivity contribution in [3.05, 3.63) is 58.7 Å². The summed E-state index contributed by atoms with van der Waals surface area (Å²) in [6, 6.07) is 10.3. The molecule has 0 amide bonds. The van der Waals surface area contributed by atoms with Gasteiger partial charge in [-0.25, -0.2) is 13.1 Å². The number of hydrogen-bond acceptors (Lipinski definition) is 8. The Labute approximate surface area is 241 Å². The van der Waals surface area contributed by atoms with Crippen LogP contribution in [0.3, 0.4) is 0 Å². The molecule has 2 aliphatic rings. The first-order valence-electron chi connectivity index (χ1n) is 13.6. The van der Waals surface area contributed by atoms with Crippen molar-refractivity contribution in [2.24, 2.45) is 0 Å². The fourth-order valence-electron chi connectivity index (χ4n) is 5.12. The van der Waals surface area contributed by atoms with Gasteiger partial charge in [0.1, 0.15) is 18.8 Å². The van der Waals surface area contributed by atoms with E-state index >= 15 is 0 Å². The van der Waals surface area contributed by atoms with Crippen molar-refractivity contribution in [3.63, 3.8) is 0 Å². The highest BCUT2D eigenvalue weighted by atomic mass is 32.2. The van der Waals surface area contributed by atoms with Crippen LogP contribution in [0.1, 0.15) is 24.0 Å². The smallest absolute Gasteiger partial charge is 0.217 e. The van der Waals surface area contributed by atoms with Crippen LogP contribution < -0.4 is 28.6 Å². The first-order valence-corrected chi connectivity index (χ1v) is 15.2. The molecule has 2 aromatic carbocycles. The van der Waals surface area contributed by atoms with E-state index in [0.29, 0.717) is 53.9 Å². The zero-order chi connectivity index (χ0) is 29.4. The minimum Gasteiger partial charge on any atom is -0.493 e. The Hall–Kier alpha value is -3.38. The van der Waals surface area contributed by atoms with Crippen molar-refractivity contribution in [2.45, 2.75) is 18.9 Å². The molecule has 1 aliphatic carbocycles. The Kier molecular flexibility index (Phi) is 10.4. The van der Waals surface area contributed by atoms with Crippen LogP contribution in [0.4, 0.5) is 0 Å². The fourth-order valence-corrected chi connectivity index (χ4v) is 6.47. The van der Waals surface area contributed by atoms with Crippen LogP contribution in [0.25, 0.3) is 12.2 Å². The van der Waals surface area contributed by atoms with E-state index in [1.54, 1.807) is 64.9 Å². The maximum atomic E-state index is 13.7. The van der Waals surface area contributed by atoms with Gasteiger partial charge in [-0.2, -0.15) is 0 Å². The number of rotatable bonds is 11. The number of benzene rings is 2. The number of ether oxygens (including phenoxy) is 5. The third-order valence-corrected chi connectivity index (χ3v) is 8.72. The predicted molar refractivity (Wildman–Crippen MR) is 156 cm³/mol. The summed E-state index contributed by atoms with van der Waals surface area (Å²) in [5.41, 5.74) is 2.50. The van der Waals surface area contributed by atoms with Gasteiger partial charge in [0.05, 0.1) is 48.2 Å². The molecule has 1 heterocycles. The van der Waals surface area contributed by atoms with Crippen LogP contribution in [-0.4, -0.2) is 87.3 Å². The highest BCUT2D eigenvalue weighted by molar-refractivity contribution is 7.89. The van der Waals surface area contributed by atoms with E-state index in [9.17, 15) is 13.2 Å². The molecule has 4 rings (SSSR count). The van der Waals surface area contributed by atoms with E-state index in [1.165, 1.54) is 4.90 Å². The molecule has 0 unspecified atom stereocenters. The lowest BCUT2D eigenvalue weighted by Crippen LogP contribution is -3.14. The number of carbonyl (C=O) groups is 1. The quantitative estimate of drug-likeness (QED) is 0.383. The molecule has 0 aromatic heterocycles. The number of sulfonamides is 1. The monoisotopic (exact) mass is 587 g/mol. The number of carbonyl (C=O) groups excluding carboxylic acids is 1. The number of morpholine rings is 1. The van der Waals surface area contributed by atoms with E-state index in [4.69, 9.17) is 23.7 Å². The number of ketones is 1. The summed E-state index contributed by atoms with van der Waals surface area (Å²) in [5.74, 6) is 2.10. The maximum Gasteiger partial charge on any atom is 0.217 e.